The molecule has 1 aliphatic heterocycles. The number of urea groups is 1. The predicted molar refractivity (Wildman–Crippen MR) is 94.4 cm³/mol. The second kappa shape index (κ2) is 6.76. The Balaban J connectivity index is 1.30. The maximum Gasteiger partial charge on any atom is 0.317 e. The van der Waals surface area contributed by atoms with E-state index in [1.54, 1.807) is 11.3 Å². The van der Waals surface area contributed by atoms with Gasteiger partial charge in [-0.05, 0) is 42.3 Å². The van der Waals surface area contributed by atoms with Crippen LogP contribution in [0, 0.1) is 0 Å². The normalized spacial score (nSPS) is 17.0. The Labute approximate surface area is 145 Å². The lowest BCUT2D eigenvalue weighted by Gasteiger charge is -2.35. The van der Waals surface area contributed by atoms with Crippen LogP contribution in [0.5, 0.6) is 0 Å². The average Bonchev–Trinajstić information content (AvgIpc) is 3.30. The highest BCUT2D eigenvalue weighted by Gasteiger charge is 2.23. The molecule has 2 aromatic rings. The lowest BCUT2D eigenvalue weighted by atomic mass is 10.2. The fourth-order valence-electron chi connectivity index (χ4n) is 3.30. The first kappa shape index (κ1) is 15.4. The third-order valence-electron chi connectivity index (χ3n) is 4.69. The van der Waals surface area contributed by atoms with E-state index >= 15 is 0 Å². The van der Waals surface area contributed by atoms with Crippen molar-refractivity contribution < 1.29 is 4.79 Å². The molecule has 24 heavy (non-hydrogen) atoms. The van der Waals surface area contributed by atoms with Gasteiger partial charge >= 0.3 is 6.03 Å². The second-order valence-electron chi connectivity index (χ2n) is 6.24. The van der Waals surface area contributed by atoms with Gasteiger partial charge in [0.15, 0.2) is 5.82 Å². The van der Waals surface area contributed by atoms with Crippen molar-refractivity contribution in [2.24, 2.45) is 0 Å². The largest absolute Gasteiger partial charge is 0.352 e. The average molecular weight is 343 g/mol. The van der Waals surface area contributed by atoms with Crippen LogP contribution in [-0.2, 0) is 19.4 Å². The third kappa shape index (κ3) is 3.21. The number of aryl methyl sites for hydroxylation is 2. The van der Waals surface area contributed by atoms with Crippen molar-refractivity contribution in [3.8, 4) is 0 Å². The number of thiophene rings is 1. The first-order chi connectivity index (χ1) is 11.8. The Morgan fingerprint density at radius 1 is 1.21 bits per heavy atom. The van der Waals surface area contributed by atoms with E-state index in [4.69, 9.17) is 0 Å². The summed E-state index contributed by atoms with van der Waals surface area (Å²) in [7, 11) is 0. The van der Waals surface area contributed by atoms with Gasteiger partial charge in [-0.25, -0.2) is 4.79 Å². The second-order valence-corrected chi connectivity index (χ2v) is 7.27. The van der Waals surface area contributed by atoms with Crippen LogP contribution < -0.4 is 10.2 Å². The summed E-state index contributed by atoms with van der Waals surface area (Å²) in [5.74, 6) is 0.953. The molecule has 126 valence electrons. The van der Waals surface area contributed by atoms with E-state index in [1.165, 1.54) is 16.9 Å². The number of amides is 2. The number of nitrogens with zero attached hydrogens (tertiary/aromatic N) is 4. The van der Waals surface area contributed by atoms with Gasteiger partial charge in [-0.1, -0.05) is 6.07 Å². The zero-order chi connectivity index (χ0) is 16.4. The summed E-state index contributed by atoms with van der Waals surface area (Å²) in [5, 5.41) is 13.8. The highest BCUT2D eigenvalue weighted by molar-refractivity contribution is 7.09. The first-order valence-corrected chi connectivity index (χ1v) is 9.33. The highest BCUT2D eigenvalue weighted by Crippen LogP contribution is 2.23. The fraction of sp³-hybridized carbons (Fsp3) is 0.471. The van der Waals surface area contributed by atoms with Gasteiger partial charge in [0.2, 0.25) is 0 Å². The van der Waals surface area contributed by atoms with Crippen LogP contribution in [0.25, 0.3) is 0 Å². The van der Waals surface area contributed by atoms with Gasteiger partial charge in [-0.2, -0.15) is 5.10 Å². The van der Waals surface area contributed by atoms with Crippen molar-refractivity contribution in [2.75, 3.05) is 31.1 Å². The molecule has 0 unspecified atom stereocenters. The Kier molecular flexibility index (Phi) is 4.34. The standard InChI is InChI=1S/C17H21N5OS/c23-17(18-12-14-4-2-10-24-14)22-8-6-21(7-9-22)16-11-13-3-1-5-15(13)19-20-16/h2,4,10-11H,1,3,5-9,12H2,(H,18,23). The number of rotatable bonds is 3. The van der Waals surface area contributed by atoms with Crippen molar-refractivity contribution in [3.63, 3.8) is 0 Å². The van der Waals surface area contributed by atoms with Crippen LogP contribution in [-0.4, -0.2) is 47.3 Å². The lowest BCUT2D eigenvalue weighted by Crippen LogP contribution is -2.52. The summed E-state index contributed by atoms with van der Waals surface area (Å²) >= 11 is 1.66. The van der Waals surface area contributed by atoms with Crippen molar-refractivity contribution >= 4 is 23.2 Å². The molecular weight excluding hydrogens is 322 g/mol. The molecule has 1 aliphatic carbocycles. The number of carbonyl (C=O) groups is 1. The molecule has 2 aliphatic rings. The number of nitrogens with one attached hydrogen (secondary N) is 1. The van der Waals surface area contributed by atoms with E-state index in [9.17, 15) is 4.79 Å². The number of carbonyl (C=O) groups excluding carboxylic acids is 1. The molecule has 1 N–H and O–H groups in total. The molecule has 0 spiro atoms. The molecule has 0 saturated carbocycles. The van der Waals surface area contributed by atoms with E-state index in [1.807, 2.05) is 22.4 Å². The molecule has 1 saturated heterocycles. The van der Waals surface area contributed by atoms with Gasteiger partial charge in [-0.15, -0.1) is 16.4 Å². The number of aromatic nitrogens is 2. The summed E-state index contributed by atoms with van der Waals surface area (Å²) in [6.07, 6.45) is 3.36. The minimum absolute atomic E-state index is 0.0167. The third-order valence-corrected chi connectivity index (χ3v) is 5.57. The zero-order valence-corrected chi connectivity index (χ0v) is 14.4. The minimum Gasteiger partial charge on any atom is -0.352 e. The highest BCUT2D eigenvalue weighted by atomic mass is 32.1. The molecular formula is C17H21N5OS. The van der Waals surface area contributed by atoms with Crippen LogP contribution >= 0.6 is 11.3 Å². The Bertz CT molecular complexity index is 710. The number of hydrogen-bond acceptors (Lipinski definition) is 5. The predicted octanol–water partition coefficient (Wildman–Crippen LogP) is 2.06. The van der Waals surface area contributed by atoms with E-state index in [-0.39, 0.29) is 6.03 Å². The molecule has 6 nitrogen and oxygen atoms in total. The maximum absolute atomic E-state index is 12.3. The number of piperazine rings is 1. The van der Waals surface area contributed by atoms with E-state index in [0.29, 0.717) is 6.54 Å². The Morgan fingerprint density at radius 2 is 2.08 bits per heavy atom. The smallest absolute Gasteiger partial charge is 0.317 e. The molecule has 0 aromatic carbocycles. The van der Waals surface area contributed by atoms with Crippen LogP contribution in [0.4, 0.5) is 10.6 Å². The van der Waals surface area contributed by atoms with Gasteiger partial charge < -0.3 is 15.1 Å². The first-order valence-electron chi connectivity index (χ1n) is 8.45. The molecule has 0 radical (unpaired) electrons. The maximum atomic E-state index is 12.3. The monoisotopic (exact) mass is 343 g/mol. The van der Waals surface area contributed by atoms with Gasteiger partial charge in [0, 0.05) is 31.1 Å². The minimum atomic E-state index is 0.0167. The summed E-state index contributed by atoms with van der Waals surface area (Å²) in [4.78, 5) is 17.5. The van der Waals surface area contributed by atoms with E-state index < -0.39 is 0 Å². The van der Waals surface area contributed by atoms with Gasteiger partial charge in [0.05, 0.1) is 12.2 Å². The molecule has 2 aromatic heterocycles. The number of anilines is 1. The summed E-state index contributed by atoms with van der Waals surface area (Å²) < 4.78 is 0. The number of hydrogen-bond donors (Lipinski definition) is 1. The molecule has 1 fully saturated rings. The SMILES string of the molecule is O=C(NCc1cccs1)N1CCN(c2cc3c(nn2)CCC3)CC1. The molecule has 2 amide bonds. The molecule has 3 heterocycles. The fourth-order valence-corrected chi connectivity index (χ4v) is 3.94. The van der Waals surface area contributed by atoms with Crippen LogP contribution in [0.15, 0.2) is 23.6 Å². The van der Waals surface area contributed by atoms with E-state index in [2.05, 4.69) is 26.5 Å². The van der Waals surface area contributed by atoms with Crippen molar-refractivity contribution in [2.45, 2.75) is 25.8 Å². The Hall–Kier alpha value is -2.15. The van der Waals surface area contributed by atoms with Crippen molar-refractivity contribution in [3.05, 3.63) is 39.7 Å². The van der Waals surface area contributed by atoms with Gasteiger partial charge in [0.25, 0.3) is 0 Å². The summed E-state index contributed by atoms with van der Waals surface area (Å²) in [6, 6.07) is 6.24. The Morgan fingerprint density at radius 3 is 2.88 bits per heavy atom. The van der Waals surface area contributed by atoms with E-state index in [0.717, 1.165) is 50.5 Å². The molecule has 0 bridgehead atoms. The van der Waals surface area contributed by atoms with Crippen molar-refractivity contribution in [1.82, 2.24) is 20.4 Å². The number of fused-ring (bicyclic) bond motifs is 1. The summed E-state index contributed by atoms with van der Waals surface area (Å²) in [5.41, 5.74) is 2.50. The molecule has 7 heteroatoms. The van der Waals surface area contributed by atoms with Crippen LogP contribution in [0.2, 0.25) is 0 Å². The molecule has 0 atom stereocenters. The van der Waals surface area contributed by atoms with Gasteiger partial charge in [-0.3, -0.25) is 0 Å². The summed E-state index contributed by atoms with van der Waals surface area (Å²) in [6.45, 7) is 3.65. The van der Waals surface area contributed by atoms with Crippen LogP contribution in [0.1, 0.15) is 22.6 Å². The van der Waals surface area contributed by atoms with Crippen molar-refractivity contribution in [1.29, 1.82) is 0 Å². The lowest BCUT2D eigenvalue weighted by molar-refractivity contribution is 0.194. The van der Waals surface area contributed by atoms with Crippen LogP contribution in [0.3, 0.4) is 0 Å². The van der Waals surface area contributed by atoms with Gasteiger partial charge in [0.1, 0.15) is 0 Å². The molecule has 4 rings (SSSR count). The topological polar surface area (TPSA) is 61.4 Å². The zero-order valence-electron chi connectivity index (χ0n) is 13.6. The quantitative estimate of drug-likeness (QED) is 0.927.